The van der Waals surface area contributed by atoms with Crippen molar-refractivity contribution in [1.29, 1.82) is 0 Å². The Morgan fingerprint density at radius 1 is 1.50 bits per heavy atom. The summed E-state index contributed by atoms with van der Waals surface area (Å²) in [5.74, 6) is -0.940. The lowest BCUT2D eigenvalue weighted by atomic mass is 9.97. The monoisotopic (exact) mass is 303 g/mol. The number of carbonyl (C=O) groups excluding carboxylic acids is 2. The molecule has 0 aromatic heterocycles. The van der Waals surface area contributed by atoms with Gasteiger partial charge in [0, 0.05) is 13.1 Å². The van der Waals surface area contributed by atoms with E-state index in [2.05, 4.69) is 5.32 Å². The molecule has 0 aromatic rings. The van der Waals surface area contributed by atoms with Crippen molar-refractivity contribution in [2.45, 2.75) is 25.3 Å². The molecule has 0 bridgehead atoms. The molecule has 7 nitrogen and oxygen atoms in total. The lowest BCUT2D eigenvalue weighted by Gasteiger charge is -2.33. The summed E-state index contributed by atoms with van der Waals surface area (Å²) in [4.78, 5) is 35.9. The maximum atomic E-state index is 12.4. The number of hydrogen-bond acceptors (Lipinski definition) is 4. The van der Waals surface area contributed by atoms with Crippen molar-refractivity contribution < 1.29 is 19.5 Å². The Kier molecular flexibility index (Phi) is 6.63. The summed E-state index contributed by atoms with van der Waals surface area (Å²) in [6.45, 7) is 0.725. The van der Waals surface area contributed by atoms with Crippen LogP contribution in [0.2, 0.25) is 0 Å². The van der Waals surface area contributed by atoms with E-state index < -0.39 is 24.0 Å². The van der Waals surface area contributed by atoms with E-state index in [-0.39, 0.29) is 12.5 Å². The van der Waals surface area contributed by atoms with Crippen molar-refractivity contribution in [3.8, 4) is 0 Å². The Balaban J connectivity index is 2.67. The van der Waals surface area contributed by atoms with Gasteiger partial charge in [-0.15, -0.1) is 0 Å². The van der Waals surface area contributed by atoms with E-state index in [1.54, 1.807) is 11.8 Å². The number of nitrogens with two attached hydrogens (primary N) is 1. The Labute approximate surface area is 122 Å². The van der Waals surface area contributed by atoms with Gasteiger partial charge in [-0.3, -0.25) is 9.59 Å². The van der Waals surface area contributed by atoms with E-state index in [1.165, 1.54) is 4.90 Å². The summed E-state index contributed by atoms with van der Waals surface area (Å²) in [5.41, 5.74) is 5.09. The number of carboxylic acids is 1. The number of rotatable bonds is 6. The molecule has 1 fully saturated rings. The molecule has 0 spiro atoms. The van der Waals surface area contributed by atoms with Crippen molar-refractivity contribution in [1.82, 2.24) is 10.2 Å². The first-order chi connectivity index (χ1) is 9.45. The molecule has 20 heavy (non-hydrogen) atoms. The minimum atomic E-state index is -0.883. The molecule has 1 heterocycles. The highest BCUT2D eigenvalue weighted by molar-refractivity contribution is 7.98. The SMILES string of the molecule is CSCCC(NC(N)=O)C(=O)N1CCC[C@H](C(=O)O)C1. The Bertz CT molecular complexity index is 378. The highest BCUT2D eigenvalue weighted by Crippen LogP contribution is 2.18. The summed E-state index contributed by atoms with van der Waals surface area (Å²) in [6, 6.07) is -1.41. The van der Waals surface area contributed by atoms with E-state index in [1.807, 2.05) is 6.26 Å². The van der Waals surface area contributed by atoms with Crippen molar-refractivity contribution >= 4 is 29.7 Å². The molecule has 4 N–H and O–H groups in total. The molecule has 2 atom stereocenters. The second kappa shape index (κ2) is 7.98. The quantitative estimate of drug-likeness (QED) is 0.644. The highest BCUT2D eigenvalue weighted by Gasteiger charge is 2.31. The minimum absolute atomic E-state index is 0.199. The molecule has 1 saturated heterocycles. The topological polar surface area (TPSA) is 113 Å². The number of primary amides is 1. The van der Waals surface area contributed by atoms with Crippen LogP contribution in [0.25, 0.3) is 0 Å². The fourth-order valence-electron chi connectivity index (χ4n) is 2.26. The number of nitrogens with one attached hydrogen (secondary N) is 1. The van der Waals surface area contributed by atoms with Gasteiger partial charge in [-0.05, 0) is 31.3 Å². The third kappa shape index (κ3) is 4.92. The normalized spacial score (nSPS) is 20.2. The number of urea groups is 1. The fraction of sp³-hybridized carbons (Fsp3) is 0.750. The van der Waals surface area contributed by atoms with Crippen molar-refractivity contribution in [3.63, 3.8) is 0 Å². The number of amides is 3. The van der Waals surface area contributed by atoms with Gasteiger partial charge in [0.15, 0.2) is 0 Å². The van der Waals surface area contributed by atoms with Crippen molar-refractivity contribution in [3.05, 3.63) is 0 Å². The van der Waals surface area contributed by atoms with Crippen LogP contribution in [0.5, 0.6) is 0 Å². The van der Waals surface area contributed by atoms with Crippen LogP contribution in [0.15, 0.2) is 0 Å². The van der Waals surface area contributed by atoms with Crippen LogP contribution in [0.4, 0.5) is 4.79 Å². The van der Waals surface area contributed by atoms with Crippen LogP contribution in [0, 0.1) is 5.92 Å². The van der Waals surface area contributed by atoms with Gasteiger partial charge < -0.3 is 21.1 Å². The lowest BCUT2D eigenvalue weighted by Crippen LogP contribution is -2.53. The van der Waals surface area contributed by atoms with Gasteiger partial charge in [0.2, 0.25) is 5.91 Å². The minimum Gasteiger partial charge on any atom is -0.481 e. The predicted molar refractivity (Wildman–Crippen MR) is 76.4 cm³/mol. The zero-order valence-corrected chi connectivity index (χ0v) is 12.3. The van der Waals surface area contributed by atoms with Gasteiger partial charge in [-0.25, -0.2) is 4.79 Å². The van der Waals surface area contributed by atoms with Crippen LogP contribution in [0.3, 0.4) is 0 Å². The average Bonchev–Trinajstić information content (AvgIpc) is 2.42. The number of likely N-dealkylation sites (tertiary alicyclic amines) is 1. The predicted octanol–water partition coefficient (Wildman–Crippen LogP) is 0.0996. The van der Waals surface area contributed by atoms with E-state index in [0.717, 1.165) is 0 Å². The molecule has 0 aromatic carbocycles. The van der Waals surface area contributed by atoms with E-state index in [4.69, 9.17) is 10.8 Å². The number of hydrogen-bond donors (Lipinski definition) is 3. The molecule has 1 aliphatic heterocycles. The zero-order chi connectivity index (χ0) is 15.1. The van der Waals surface area contributed by atoms with Crippen LogP contribution in [0.1, 0.15) is 19.3 Å². The van der Waals surface area contributed by atoms with Gasteiger partial charge in [0.05, 0.1) is 5.92 Å². The van der Waals surface area contributed by atoms with E-state index in [0.29, 0.717) is 31.6 Å². The van der Waals surface area contributed by atoms with Gasteiger partial charge in [-0.1, -0.05) is 0 Å². The smallest absolute Gasteiger partial charge is 0.312 e. The zero-order valence-electron chi connectivity index (χ0n) is 11.5. The maximum Gasteiger partial charge on any atom is 0.312 e. The average molecular weight is 303 g/mol. The lowest BCUT2D eigenvalue weighted by molar-refractivity contribution is -0.146. The standard InChI is InChI=1S/C12H21N3O4S/c1-20-6-4-9(14-12(13)19)10(16)15-5-2-3-8(7-15)11(17)18/h8-9H,2-7H2,1H3,(H,17,18)(H3,13,14,19)/t8-,9?/m0/s1. The van der Waals surface area contributed by atoms with Crippen LogP contribution in [-0.2, 0) is 9.59 Å². The second-order valence-corrected chi connectivity index (χ2v) is 5.79. The fourth-order valence-corrected chi connectivity index (χ4v) is 2.74. The Morgan fingerprint density at radius 3 is 2.75 bits per heavy atom. The van der Waals surface area contributed by atoms with E-state index >= 15 is 0 Å². The Hall–Kier alpha value is -1.44. The number of carboxylic acid groups (broad SMARTS) is 1. The van der Waals surface area contributed by atoms with E-state index in [9.17, 15) is 14.4 Å². The van der Waals surface area contributed by atoms with Gasteiger partial charge >= 0.3 is 12.0 Å². The molecular weight excluding hydrogens is 282 g/mol. The molecule has 8 heteroatoms. The van der Waals surface area contributed by atoms with Crippen molar-refractivity contribution in [2.75, 3.05) is 25.1 Å². The van der Waals surface area contributed by atoms with Gasteiger partial charge in [0.25, 0.3) is 0 Å². The number of nitrogens with zero attached hydrogens (tertiary/aromatic N) is 1. The number of aliphatic carboxylic acids is 1. The summed E-state index contributed by atoms with van der Waals surface area (Å²) in [5, 5.41) is 11.5. The summed E-state index contributed by atoms with van der Waals surface area (Å²) >= 11 is 1.57. The number of piperidine rings is 1. The van der Waals surface area contributed by atoms with Crippen LogP contribution in [-0.4, -0.2) is 59.1 Å². The Morgan fingerprint density at radius 2 is 2.20 bits per heavy atom. The van der Waals surface area contributed by atoms with Crippen LogP contribution < -0.4 is 11.1 Å². The molecule has 0 aliphatic carbocycles. The number of thioether (sulfide) groups is 1. The first kappa shape index (κ1) is 16.6. The third-order valence-corrected chi connectivity index (χ3v) is 3.95. The molecular formula is C12H21N3O4S. The maximum absolute atomic E-state index is 12.4. The van der Waals surface area contributed by atoms with Crippen LogP contribution >= 0.6 is 11.8 Å². The summed E-state index contributed by atoms with van der Waals surface area (Å²) in [6.07, 6.45) is 3.64. The molecule has 0 saturated carbocycles. The molecule has 3 amide bonds. The first-order valence-corrected chi connectivity index (χ1v) is 7.91. The molecule has 114 valence electrons. The summed E-state index contributed by atoms with van der Waals surface area (Å²) in [7, 11) is 0. The first-order valence-electron chi connectivity index (χ1n) is 6.52. The highest BCUT2D eigenvalue weighted by atomic mass is 32.2. The molecule has 0 radical (unpaired) electrons. The van der Waals surface area contributed by atoms with Gasteiger partial charge in [-0.2, -0.15) is 11.8 Å². The number of carbonyl (C=O) groups is 3. The molecule has 1 rings (SSSR count). The second-order valence-electron chi connectivity index (χ2n) is 4.80. The third-order valence-electron chi connectivity index (χ3n) is 3.31. The van der Waals surface area contributed by atoms with Crippen molar-refractivity contribution in [2.24, 2.45) is 11.7 Å². The molecule has 1 aliphatic rings. The van der Waals surface area contributed by atoms with Gasteiger partial charge in [0.1, 0.15) is 6.04 Å². The summed E-state index contributed by atoms with van der Waals surface area (Å²) < 4.78 is 0. The molecule has 1 unspecified atom stereocenters. The largest absolute Gasteiger partial charge is 0.481 e.